The van der Waals surface area contributed by atoms with E-state index in [1.54, 1.807) is 0 Å². The number of rotatable bonds is 5. The van der Waals surface area contributed by atoms with Gasteiger partial charge in [0, 0.05) is 12.0 Å². The summed E-state index contributed by atoms with van der Waals surface area (Å²) in [6, 6.07) is 7.70. The lowest BCUT2D eigenvalue weighted by Gasteiger charge is -2.32. The lowest BCUT2D eigenvalue weighted by Crippen LogP contribution is -2.50. The van der Waals surface area contributed by atoms with E-state index in [0.717, 1.165) is 16.5 Å². The minimum Gasteiger partial charge on any atom is -0.394 e. The number of aromatic nitrogens is 1. The molecular weight excluding hydrogens is 320 g/mol. The molecule has 1 fully saturated rings. The van der Waals surface area contributed by atoms with Crippen LogP contribution >= 0.6 is 0 Å². The number of aliphatic hydroxyl groups excluding tert-OH is 1. The summed E-state index contributed by atoms with van der Waals surface area (Å²) in [7, 11) is 0. The van der Waals surface area contributed by atoms with Gasteiger partial charge in [-0.1, -0.05) is 18.2 Å². The van der Waals surface area contributed by atoms with Gasteiger partial charge in [-0.3, -0.25) is 9.78 Å². The molecular formula is C19H24N2O4. The number of fused-ring (bicyclic) bond motifs is 1. The fraction of sp³-hybridized carbons (Fsp3) is 0.474. The Hall–Kier alpha value is -2.02. The van der Waals surface area contributed by atoms with Crippen molar-refractivity contribution in [2.45, 2.75) is 32.4 Å². The van der Waals surface area contributed by atoms with E-state index in [9.17, 15) is 4.79 Å². The van der Waals surface area contributed by atoms with E-state index < -0.39 is 0 Å². The summed E-state index contributed by atoms with van der Waals surface area (Å²) in [6.07, 6.45) is 0.432. The van der Waals surface area contributed by atoms with Gasteiger partial charge in [0.05, 0.1) is 42.6 Å². The molecule has 0 saturated carbocycles. The second-order valence-electron chi connectivity index (χ2n) is 6.34. The van der Waals surface area contributed by atoms with Crippen LogP contribution in [0.1, 0.15) is 28.0 Å². The van der Waals surface area contributed by atoms with Crippen molar-refractivity contribution in [2.75, 3.05) is 26.4 Å². The van der Waals surface area contributed by atoms with Crippen molar-refractivity contribution in [2.24, 2.45) is 0 Å². The lowest BCUT2D eigenvalue weighted by molar-refractivity contribution is -0.0737. The largest absolute Gasteiger partial charge is 0.394 e. The molecule has 0 spiro atoms. The predicted octanol–water partition coefficient (Wildman–Crippen LogP) is 1.75. The first-order valence-electron chi connectivity index (χ1n) is 8.58. The first-order chi connectivity index (χ1) is 12.1. The van der Waals surface area contributed by atoms with Gasteiger partial charge in [-0.05, 0) is 31.9 Å². The summed E-state index contributed by atoms with van der Waals surface area (Å²) >= 11 is 0. The highest BCUT2D eigenvalue weighted by molar-refractivity contribution is 5.99. The standard InChI is InChI=1S/C19H24N2O4/c1-12-4-3-5-14-10-15(13(2)20-18(12)14)19(23)21-16-6-8-24-11-17(16)25-9-7-22/h3-5,10,16-17,22H,6-9,11H2,1-2H3,(H,21,23)/t16-,17-/m1/s1. The monoisotopic (exact) mass is 344 g/mol. The van der Waals surface area contributed by atoms with E-state index >= 15 is 0 Å². The molecule has 134 valence electrons. The number of carbonyl (C=O) groups is 1. The molecule has 2 aromatic rings. The van der Waals surface area contributed by atoms with Crippen molar-refractivity contribution in [3.63, 3.8) is 0 Å². The third-order valence-corrected chi connectivity index (χ3v) is 4.53. The maximum Gasteiger partial charge on any atom is 0.253 e. The number of ether oxygens (including phenoxy) is 2. The van der Waals surface area contributed by atoms with Crippen molar-refractivity contribution in [1.29, 1.82) is 0 Å². The van der Waals surface area contributed by atoms with Crippen molar-refractivity contribution >= 4 is 16.8 Å². The zero-order valence-electron chi connectivity index (χ0n) is 14.6. The normalized spacial score (nSPS) is 20.6. The molecule has 0 unspecified atom stereocenters. The quantitative estimate of drug-likeness (QED) is 0.864. The number of nitrogens with one attached hydrogen (secondary N) is 1. The van der Waals surface area contributed by atoms with E-state index in [0.29, 0.717) is 30.9 Å². The van der Waals surface area contributed by atoms with Crippen molar-refractivity contribution in [3.8, 4) is 0 Å². The minimum atomic E-state index is -0.249. The number of aliphatic hydroxyl groups is 1. The molecule has 0 bridgehead atoms. The summed E-state index contributed by atoms with van der Waals surface area (Å²) in [5.74, 6) is -0.155. The second-order valence-corrected chi connectivity index (χ2v) is 6.34. The Morgan fingerprint density at radius 2 is 2.28 bits per heavy atom. The second kappa shape index (κ2) is 7.91. The van der Waals surface area contributed by atoms with Gasteiger partial charge < -0.3 is 19.9 Å². The number of amides is 1. The van der Waals surface area contributed by atoms with Gasteiger partial charge in [0.25, 0.3) is 5.91 Å². The topological polar surface area (TPSA) is 80.7 Å². The Morgan fingerprint density at radius 1 is 1.44 bits per heavy atom. The molecule has 2 atom stereocenters. The first-order valence-corrected chi connectivity index (χ1v) is 8.58. The summed E-state index contributed by atoms with van der Waals surface area (Å²) < 4.78 is 11.0. The maximum absolute atomic E-state index is 12.8. The first kappa shape index (κ1) is 17.8. The smallest absolute Gasteiger partial charge is 0.253 e. The van der Waals surface area contributed by atoms with Gasteiger partial charge >= 0.3 is 0 Å². The fourth-order valence-electron chi connectivity index (χ4n) is 3.16. The number of carbonyl (C=O) groups excluding carboxylic acids is 1. The molecule has 1 amide bonds. The molecule has 1 aromatic heterocycles. The molecule has 1 saturated heterocycles. The molecule has 25 heavy (non-hydrogen) atoms. The summed E-state index contributed by atoms with van der Waals surface area (Å²) in [5, 5.41) is 12.9. The fourth-order valence-corrected chi connectivity index (χ4v) is 3.16. The van der Waals surface area contributed by atoms with E-state index in [1.165, 1.54) is 0 Å². The average molecular weight is 344 g/mol. The van der Waals surface area contributed by atoms with Crippen LogP contribution in [-0.2, 0) is 9.47 Å². The van der Waals surface area contributed by atoms with Crippen LogP contribution in [0.2, 0.25) is 0 Å². The van der Waals surface area contributed by atoms with Gasteiger partial charge in [0.15, 0.2) is 0 Å². The van der Waals surface area contributed by atoms with Crippen LogP contribution in [-0.4, -0.2) is 54.6 Å². The van der Waals surface area contributed by atoms with Gasteiger partial charge in [-0.25, -0.2) is 0 Å². The average Bonchev–Trinajstić information content (AvgIpc) is 2.61. The molecule has 6 nitrogen and oxygen atoms in total. The summed E-state index contributed by atoms with van der Waals surface area (Å²) in [5.41, 5.74) is 3.30. The van der Waals surface area contributed by atoms with Gasteiger partial charge in [0.2, 0.25) is 0 Å². The van der Waals surface area contributed by atoms with Gasteiger partial charge in [0.1, 0.15) is 6.10 Å². The Kier molecular flexibility index (Phi) is 5.63. The summed E-state index contributed by atoms with van der Waals surface area (Å²) in [6.45, 7) is 5.04. The number of hydrogen-bond acceptors (Lipinski definition) is 5. The highest BCUT2D eigenvalue weighted by atomic mass is 16.5. The number of benzene rings is 1. The van der Waals surface area contributed by atoms with Crippen LogP contribution in [0.15, 0.2) is 24.3 Å². The number of para-hydroxylation sites is 1. The molecule has 3 rings (SSSR count). The Morgan fingerprint density at radius 3 is 3.08 bits per heavy atom. The molecule has 1 aliphatic heterocycles. The van der Waals surface area contributed by atoms with Crippen LogP contribution < -0.4 is 5.32 Å². The number of nitrogens with zero attached hydrogens (tertiary/aromatic N) is 1. The van der Waals surface area contributed by atoms with E-state index in [1.807, 2.05) is 38.1 Å². The van der Waals surface area contributed by atoms with E-state index in [2.05, 4.69) is 10.3 Å². The zero-order valence-corrected chi connectivity index (χ0v) is 14.6. The molecule has 1 aromatic carbocycles. The molecule has 0 aliphatic carbocycles. The molecule has 2 N–H and O–H groups in total. The van der Waals surface area contributed by atoms with Crippen molar-refractivity contribution < 1.29 is 19.4 Å². The predicted molar refractivity (Wildman–Crippen MR) is 94.7 cm³/mol. The SMILES string of the molecule is Cc1nc2c(C)cccc2cc1C(=O)N[C@@H]1CCOC[C@H]1OCCO. The Balaban J connectivity index is 1.80. The van der Waals surface area contributed by atoms with Gasteiger partial charge in [-0.15, -0.1) is 0 Å². The Bertz CT molecular complexity index is 762. The van der Waals surface area contributed by atoms with Crippen LogP contribution in [0.25, 0.3) is 10.9 Å². The minimum absolute atomic E-state index is 0.0514. The molecule has 1 aliphatic rings. The third kappa shape index (κ3) is 3.98. The highest BCUT2D eigenvalue weighted by Crippen LogP contribution is 2.20. The Labute approximate surface area is 147 Å². The van der Waals surface area contributed by atoms with Crippen LogP contribution in [0.4, 0.5) is 0 Å². The van der Waals surface area contributed by atoms with Crippen molar-refractivity contribution in [3.05, 3.63) is 41.1 Å². The van der Waals surface area contributed by atoms with Gasteiger partial charge in [-0.2, -0.15) is 0 Å². The summed E-state index contributed by atoms with van der Waals surface area (Å²) in [4.78, 5) is 17.4. The highest BCUT2D eigenvalue weighted by Gasteiger charge is 2.28. The molecule has 2 heterocycles. The zero-order chi connectivity index (χ0) is 17.8. The lowest BCUT2D eigenvalue weighted by atomic mass is 10.0. The molecule has 6 heteroatoms. The maximum atomic E-state index is 12.8. The van der Waals surface area contributed by atoms with E-state index in [4.69, 9.17) is 14.6 Å². The molecule has 0 radical (unpaired) electrons. The number of pyridine rings is 1. The van der Waals surface area contributed by atoms with E-state index in [-0.39, 0.29) is 31.3 Å². The third-order valence-electron chi connectivity index (χ3n) is 4.53. The number of hydrogen-bond donors (Lipinski definition) is 2. The number of aryl methyl sites for hydroxylation is 2. The van der Waals surface area contributed by atoms with Crippen LogP contribution in [0.3, 0.4) is 0 Å². The van der Waals surface area contributed by atoms with Crippen molar-refractivity contribution in [1.82, 2.24) is 10.3 Å². The van der Waals surface area contributed by atoms with Crippen LogP contribution in [0.5, 0.6) is 0 Å². The van der Waals surface area contributed by atoms with Crippen LogP contribution in [0, 0.1) is 13.8 Å².